The molecular formula is C24H32N2O3. The number of carbonyl (C=O) groups excluding carboxylic acids is 1. The van der Waals surface area contributed by atoms with E-state index < -0.39 is 0 Å². The minimum atomic E-state index is -0.339. The molecule has 29 heavy (non-hydrogen) atoms. The molecule has 1 amide bonds. The molecule has 1 aliphatic rings. The van der Waals surface area contributed by atoms with Crippen LogP contribution in [0.3, 0.4) is 0 Å². The SMILES string of the molecule is CCCCn1c2c(cc(C(=O)Nc3ccc(OCC)cc3)c1=O)CCCCCC2. The molecular weight excluding hydrogens is 364 g/mol. The van der Waals surface area contributed by atoms with Crippen LogP contribution >= 0.6 is 0 Å². The number of rotatable bonds is 7. The Bertz CT molecular complexity index is 884. The Labute approximate surface area is 173 Å². The molecule has 0 spiro atoms. The maximum absolute atomic E-state index is 13.2. The number of ether oxygens (including phenoxy) is 1. The van der Waals surface area contributed by atoms with Gasteiger partial charge in [-0.15, -0.1) is 0 Å². The summed E-state index contributed by atoms with van der Waals surface area (Å²) in [5, 5.41) is 2.88. The lowest BCUT2D eigenvalue weighted by Gasteiger charge is -2.21. The normalized spacial score (nSPS) is 13.9. The number of aromatic nitrogens is 1. The van der Waals surface area contributed by atoms with Gasteiger partial charge in [0.05, 0.1) is 6.61 Å². The molecule has 1 heterocycles. The van der Waals surface area contributed by atoms with Crippen LogP contribution in [0.5, 0.6) is 5.75 Å². The maximum Gasteiger partial charge on any atom is 0.263 e. The van der Waals surface area contributed by atoms with Gasteiger partial charge in [-0.25, -0.2) is 0 Å². The van der Waals surface area contributed by atoms with Gasteiger partial charge >= 0.3 is 0 Å². The Morgan fingerprint density at radius 1 is 1.07 bits per heavy atom. The molecule has 5 nitrogen and oxygen atoms in total. The van der Waals surface area contributed by atoms with Crippen molar-refractivity contribution in [2.75, 3.05) is 11.9 Å². The van der Waals surface area contributed by atoms with Crippen molar-refractivity contribution in [3.63, 3.8) is 0 Å². The third-order valence-electron chi connectivity index (χ3n) is 5.50. The fourth-order valence-corrected chi connectivity index (χ4v) is 3.95. The number of pyridine rings is 1. The summed E-state index contributed by atoms with van der Waals surface area (Å²) in [5.74, 6) is 0.419. The van der Waals surface area contributed by atoms with Crippen LogP contribution in [0.2, 0.25) is 0 Å². The minimum absolute atomic E-state index is 0.166. The van der Waals surface area contributed by atoms with E-state index in [9.17, 15) is 9.59 Å². The zero-order valence-electron chi connectivity index (χ0n) is 17.6. The van der Waals surface area contributed by atoms with Crippen LogP contribution in [0.4, 0.5) is 5.69 Å². The third kappa shape index (κ3) is 5.28. The molecule has 1 N–H and O–H groups in total. The number of hydrogen-bond donors (Lipinski definition) is 1. The zero-order chi connectivity index (χ0) is 20.6. The van der Waals surface area contributed by atoms with Crippen LogP contribution < -0.4 is 15.6 Å². The van der Waals surface area contributed by atoms with Crippen LogP contribution in [0.25, 0.3) is 0 Å². The molecule has 1 aromatic carbocycles. The number of fused-ring (bicyclic) bond motifs is 1. The first-order valence-corrected chi connectivity index (χ1v) is 10.9. The highest BCUT2D eigenvalue weighted by molar-refractivity contribution is 6.04. The highest BCUT2D eigenvalue weighted by Gasteiger charge is 2.20. The molecule has 1 aliphatic carbocycles. The van der Waals surface area contributed by atoms with Crippen molar-refractivity contribution in [2.24, 2.45) is 0 Å². The standard InChI is InChI=1S/C24H32N2O3/c1-3-5-16-26-22-11-9-7-6-8-10-18(22)17-21(24(26)28)23(27)25-19-12-14-20(15-13-19)29-4-2/h12-15,17H,3-11,16H2,1-2H3,(H,25,27). The Hall–Kier alpha value is -2.56. The van der Waals surface area contributed by atoms with Gasteiger partial charge in [0.25, 0.3) is 11.5 Å². The first-order chi connectivity index (χ1) is 14.1. The minimum Gasteiger partial charge on any atom is -0.494 e. The smallest absolute Gasteiger partial charge is 0.263 e. The van der Waals surface area contributed by atoms with Crippen molar-refractivity contribution in [3.8, 4) is 5.75 Å². The van der Waals surface area contributed by atoms with Crippen LogP contribution in [0.15, 0.2) is 35.1 Å². The van der Waals surface area contributed by atoms with Crippen molar-refractivity contribution >= 4 is 11.6 Å². The maximum atomic E-state index is 13.2. The third-order valence-corrected chi connectivity index (χ3v) is 5.50. The molecule has 0 fully saturated rings. The van der Waals surface area contributed by atoms with E-state index in [0.29, 0.717) is 18.8 Å². The Balaban J connectivity index is 1.91. The van der Waals surface area contributed by atoms with Gasteiger partial charge < -0.3 is 14.6 Å². The van der Waals surface area contributed by atoms with E-state index in [0.717, 1.165) is 55.5 Å². The molecule has 2 aromatic rings. The van der Waals surface area contributed by atoms with Crippen molar-refractivity contribution in [2.45, 2.75) is 71.8 Å². The molecule has 156 valence electrons. The van der Waals surface area contributed by atoms with Crippen molar-refractivity contribution in [3.05, 3.63) is 57.5 Å². The summed E-state index contributed by atoms with van der Waals surface area (Å²) in [7, 11) is 0. The average molecular weight is 397 g/mol. The van der Waals surface area contributed by atoms with Gasteiger partial charge in [-0.1, -0.05) is 26.2 Å². The molecule has 0 bridgehead atoms. The molecule has 0 radical (unpaired) electrons. The largest absolute Gasteiger partial charge is 0.494 e. The first-order valence-electron chi connectivity index (χ1n) is 10.9. The summed E-state index contributed by atoms with van der Waals surface area (Å²) in [6, 6.07) is 9.08. The van der Waals surface area contributed by atoms with Gasteiger partial charge in [-0.05, 0) is 74.9 Å². The second kappa shape index (κ2) is 10.3. The number of anilines is 1. The Kier molecular flexibility index (Phi) is 7.50. The summed E-state index contributed by atoms with van der Waals surface area (Å²) in [5.41, 5.74) is 3.04. The van der Waals surface area contributed by atoms with E-state index in [2.05, 4.69) is 12.2 Å². The van der Waals surface area contributed by atoms with Crippen LogP contribution in [0.1, 0.15) is 74.0 Å². The lowest BCUT2D eigenvalue weighted by atomic mass is 9.95. The average Bonchev–Trinajstić information content (AvgIpc) is 2.70. The number of unbranched alkanes of at least 4 members (excludes halogenated alkanes) is 1. The molecule has 0 atom stereocenters. The topological polar surface area (TPSA) is 60.3 Å². The second-order valence-electron chi connectivity index (χ2n) is 7.67. The zero-order valence-corrected chi connectivity index (χ0v) is 17.6. The van der Waals surface area contributed by atoms with E-state index >= 15 is 0 Å². The van der Waals surface area contributed by atoms with Gasteiger partial charge in [0.2, 0.25) is 0 Å². The lowest BCUT2D eigenvalue weighted by Crippen LogP contribution is -2.33. The summed E-state index contributed by atoms with van der Waals surface area (Å²) >= 11 is 0. The van der Waals surface area contributed by atoms with Gasteiger partial charge in [0.1, 0.15) is 11.3 Å². The predicted molar refractivity (Wildman–Crippen MR) is 117 cm³/mol. The molecule has 0 saturated heterocycles. The molecule has 0 aliphatic heterocycles. The van der Waals surface area contributed by atoms with Crippen LogP contribution in [0, 0.1) is 0 Å². The fourth-order valence-electron chi connectivity index (χ4n) is 3.95. The predicted octanol–water partition coefficient (Wildman–Crippen LogP) is 4.96. The van der Waals surface area contributed by atoms with Crippen LogP contribution in [-0.2, 0) is 19.4 Å². The van der Waals surface area contributed by atoms with Crippen molar-refractivity contribution < 1.29 is 9.53 Å². The van der Waals surface area contributed by atoms with Crippen molar-refractivity contribution in [1.82, 2.24) is 4.57 Å². The van der Waals surface area contributed by atoms with E-state index in [1.54, 1.807) is 12.1 Å². The number of nitrogens with zero attached hydrogens (tertiary/aromatic N) is 1. The number of benzene rings is 1. The Morgan fingerprint density at radius 3 is 2.48 bits per heavy atom. The molecule has 1 aromatic heterocycles. The molecule has 3 rings (SSSR count). The number of nitrogens with one attached hydrogen (secondary N) is 1. The summed E-state index contributed by atoms with van der Waals surface area (Å²) < 4.78 is 7.31. The summed E-state index contributed by atoms with van der Waals surface area (Å²) in [6.07, 6.45) is 8.46. The number of amides is 1. The van der Waals surface area contributed by atoms with E-state index in [1.165, 1.54) is 12.8 Å². The number of carbonyl (C=O) groups is 1. The van der Waals surface area contributed by atoms with E-state index in [-0.39, 0.29) is 17.0 Å². The highest BCUT2D eigenvalue weighted by Crippen LogP contribution is 2.21. The van der Waals surface area contributed by atoms with Gasteiger partial charge in [0, 0.05) is 17.9 Å². The second-order valence-corrected chi connectivity index (χ2v) is 7.67. The number of hydrogen-bond acceptors (Lipinski definition) is 3. The number of aryl methyl sites for hydroxylation is 1. The van der Waals surface area contributed by atoms with E-state index in [4.69, 9.17) is 4.74 Å². The molecule has 5 heteroatoms. The van der Waals surface area contributed by atoms with Crippen molar-refractivity contribution in [1.29, 1.82) is 0 Å². The lowest BCUT2D eigenvalue weighted by molar-refractivity contribution is 0.102. The molecule has 0 unspecified atom stereocenters. The summed E-state index contributed by atoms with van der Waals surface area (Å²) in [6.45, 7) is 5.33. The van der Waals surface area contributed by atoms with Gasteiger partial charge in [0.15, 0.2) is 0 Å². The summed E-state index contributed by atoms with van der Waals surface area (Å²) in [4.78, 5) is 26.2. The van der Waals surface area contributed by atoms with Gasteiger partial charge in [-0.2, -0.15) is 0 Å². The highest BCUT2D eigenvalue weighted by atomic mass is 16.5. The van der Waals surface area contributed by atoms with Crippen LogP contribution in [-0.4, -0.2) is 17.1 Å². The first kappa shape index (κ1) is 21.2. The fraction of sp³-hybridized carbons (Fsp3) is 0.500. The Morgan fingerprint density at radius 2 is 1.79 bits per heavy atom. The molecule has 0 saturated carbocycles. The quantitative estimate of drug-likeness (QED) is 0.720. The monoisotopic (exact) mass is 396 g/mol. The van der Waals surface area contributed by atoms with E-state index in [1.807, 2.05) is 29.7 Å². The van der Waals surface area contributed by atoms with Gasteiger partial charge in [-0.3, -0.25) is 9.59 Å².